The van der Waals surface area contributed by atoms with Crippen molar-refractivity contribution >= 4 is 34.9 Å². The zero-order valence-corrected chi connectivity index (χ0v) is 16.3. The highest BCUT2D eigenvalue weighted by Gasteiger charge is 2.27. The number of ether oxygens (including phenoxy) is 1. The molecule has 0 fully saturated rings. The van der Waals surface area contributed by atoms with E-state index in [1.807, 2.05) is 44.2 Å². The fraction of sp³-hybridized carbons (Fsp3) is 0.300. The van der Waals surface area contributed by atoms with Crippen molar-refractivity contribution in [3.05, 3.63) is 69.2 Å². The van der Waals surface area contributed by atoms with Crippen LogP contribution in [0.25, 0.3) is 0 Å². The number of nitro benzene ring substituents is 1. The van der Waals surface area contributed by atoms with Gasteiger partial charge in [0.15, 0.2) is 6.61 Å². The SMILES string of the molecule is CC[C@@H](C)[C@@H](C(=O)OCC(=O)Nc1ccc([N+](=O)[O-])cc1Cl)c1ccccc1. The van der Waals surface area contributed by atoms with Crippen LogP contribution in [0.3, 0.4) is 0 Å². The molecule has 2 atom stereocenters. The van der Waals surface area contributed by atoms with Gasteiger partial charge in [0, 0.05) is 12.1 Å². The van der Waals surface area contributed by atoms with Gasteiger partial charge < -0.3 is 10.1 Å². The summed E-state index contributed by atoms with van der Waals surface area (Å²) in [5.41, 5.74) is 0.851. The van der Waals surface area contributed by atoms with Crippen LogP contribution in [0.1, 0.15) is 31.7 Å². The van der Waals surface area contributed by atoms with Crippen molar-refractivity contribution in [3.63, 3.8) is 0 Å². The number of carbonyl (C=O) groups is 2. The van der Waals surface area contributed by atoms with Crippen LogP contribution >= 0.6 is 11.6 Å². The van der Waals surface area contributed by atoms with Crippen molar-refractivity contribution in [2.75, 3.05) is 11.9 Å². The molecular weight excluding hydrogens is 384 g/mol. The van der Waals surface area contributed by atoms with Gasteiger partial charge in [-0.25, -0.2) is 0 Å². The number of benzene rings is 2. The molecule has 2 aromatic rings. The predicted octanol–water partition coefficient (Wildman–Crippen LogP) is 4.56. The average Bonchev–Trinajstić information content (AvgIpc) is 2.68. The Morgan fingerprint density at radius 3 is 2.46 bits per heavy atom. The summed E-state index contributed by atoms with van der Waals surface area (Å²) in [6.45, 7) is 3.46. The number of nitrogens with zero attached hydrogens (tertiary/aromatic N) is 1. The molecule has 0 saturated heterocycles. The molecule has 7 nitrogen and oxygen atoms in total. The average molecular weight is 405 g/mol. The van der Waals surface area contributed by atoms with Gasteiger partial charge in [-0.05, 0) is 17.5 Å². The van der Waals surface area contributed by atoms with Crippen molar-refractivity contribution in [1.29, 1.82) is 0 Å². The van der Waals surface area contributed by atoms with E-state index in [1.54, 1.807) is 0 Å². The number of amides is 1. The van der Waals surface area contributed by atoms with E-state index in [2.05, 4.69) is 5.32 Å². The Kier molecular flexibility index (Phi) is 7.52. The van der Waals surface area contributed by atoms with E-state index in [1.165, 1.54) is 12.1 Å². The molecule has 0 aliphatic heterocycles. The van der Waals surface area contributed by atoms with Gasteiger partial charge in [0.05, 0.1) is 21.6 Å². The van der Waals surface area contributed by atoms with Crippen LogP contribution in [0, 0.1) is 16.0 Å². The van der Waals surface area contributed by atoms with Gasteiger partial charge in [0.25, 0.3) is 11.6 Å². The topological polar surface area (TPSA) is 98.5 Å². The van der Waals surface area contributed by atoms with Crippen molar-refractivity contribution in [2.24, 2.45) is 5.92 Å². The fourth-order valence-corrected chi connectivity index (χ4v) is 2.95. The first-order valence-corrected chi connectivity index (χ1v) is 9.16. The molecule has 0 bridgehead atoms. The maximum Gasteiger partial charge on any atom is 0.314 e. The van der Waals surface area contributed by atoms with Crippen LogP contribution in [0.4, 0.5) is 11.4 Å². The lowest BCUT2D eigenvalue weighted by Gasteiger charge is -2.21. The molecule has 148 valence electrons. The number of non-ortho nitro benzene ring substituents is 1. The molecule has 1 N–H and O–H groups in total. The standard InChI is InChI=1S/C20H21ClN2O5/c1-3-13(2)19(14-7-5-4-6-8-14)20(25)28-12-18(24)22-17-10-9-15(23(26)27)11-16(17)21/h4-11,13,19H,3,12H2,1-2H3,(H,22,24)/t13-,19-/m1/s1. The normalized spacial score (nSPS) is 12.7. The van der Waals surface area contributed by atoms with E-state index in [-0.39, 0.29) is 22.3 Å². The monoisotopic (exact) mass is 404 g/mol. The summed E-state index contributed by atoms with van der Waals surface area (Å²) in [7, 11) is 0. The zero-order valence-electron chi connectivity index (χ0n) is 15.6. The number of halogens is 1. The molecule has 8 heteroatoms. The second-order valence-corrected chi connectivity index (χ2v) is 6.76. The molecule has 0 aliphatic rings. The Bertz CT molecular complexity index is 857. The van der Waals surface area contributed by atoms with E-state index >= 15 is 0 Å². The first-order chi connectivity index (χ1) is 13.3. The lowest BCUT2D eigenvalue weighted by molar-refractivity contribution is -0.384. The van der Waals surface area contributed by atoms with Gasteiger partial charge in [0.2, 0.25) is 0 Å². The molecule has 28 heavy (non-hydrogen) atoms. The lowest BCUT2D eigenvalue weighted by atomic mass is 9.86. The van der Waals surface area contributed by atoms with Crippen molar-refractivity contribution in [1.82, 2.24) is 0 Å². The number of nitrogens with one attached hydrogen (secondary N) is 1. The first kappa shape index (κ1) is 21.4. The van der Waals surface area contributed by atoms with E-state index in [0.717, 1.165) is 18.1 Å². The third kappa shape index (κ3) is 5.53. The van der Waals surface area contributed by atoms with E-state index in [4.69, 9.17) is 16.3 Å². The second-order valence-electron chi connectivity index (χ2n) is 6.35. The van der Waals surface area contributed by atoms with Crippen LogP contribution in [0.5, 0.6) is 0 Å². The Labute approximate surface area is 167 Å². The quantitative estimate of drug-likeness (QED) is 0.395. The molecule has 0 aliphatic carbocycles. The first-order valence-electron chi connectivity index (χ1n) is 8.78. The summed E-state index contributed by atoms with van der Waals surface area (Å²) in [5, 5.41) is 13.2. The third-order valence-electron chi connectivity index (χ3n) is 4.41. The van der Waals surface area contributed by atoms with Crippen LogP contribution in [0.2, 0.25) is 5.02 Å². The lowest BCUT2D eigenvalue weighted by Crippen LogP contribution is -2.27. The summed E-state index contributed by atoms with van der Waals surface area (Å²) in [4.78, 5) is 34.8. The largest absolute Gasteiger partial charge is 0.455 e. The van der Waals surface area contributed by atoms with E-state index < -0.39 is 29.3 Å². The number of carbonyl (C=O) groups excluding carboxylic acids is 2. The van der Waals surface area contributed by atoms with Crippen LogP contribution < -0.4 is 5.32 Å². The Morgan fingerprint density at radius 1 is 1.21 bits per heavy atom. The van der Waals surface area contributed by atoms with Crippen LogP contribution in [-0.4, -0.2) is 23.4 Å². The smallest absolute Gasteiger partial charge is 0.314 e. The maximum absolute atomic E-state index is 12.6. The van der Waals surface area contributed by atoms with Crippen molar-refractivity contribution in [3.8, 4) is 0 Å². The Balaban J connectivity index is 2.01. The van der Waals surface area contributed by atoms with E-state index in [9.17, 15) is 19.7 Å². The molecular formula is C20H21ClN2O5. The minimum Gasteiger partial charge on any atom is -0.455 e. The highest BCUT2D eigenvalue weighted by Crippen LogP contribution is 2.29. The van der Waals surface area contributed by atoms with Crippen molar-refractivity contribution < 1.29 is 19.2 Å². The molecule has 1 amide bonds. The third-order valence-corrected chi connectivity index (χ3v) is 4.72. The summed E-state index contributed by atoms with van der Waals surface area (Å²) >= 11 is 5.94. The minimum absolute atomic E-state index is 0.0237. The highest BCUT2D eigenvalue weighted by atomic mass is 35.5. The van der Waals surface area contributed by atoms with E-state index in [0.29, 0.717) is 0 Å². The highest BCUT2D eigenvalue weighted by molar-refractivity contribution is 6.34. The van der Waals surface area contributed by atoms with Gasteiger partial charge >= 0.3 is 5.97 Å². The Morgan fingerprint density at radius 2 is 1.89 bits per heavy atom. The van der Waals surface area contributed by atoms with Crippen LogP contribution in [-0.2, 0) is 14.3 Å². The maximum atomic E-state index is 12.6. The number of hydrogen-bond donors (Lipinski definition) is 1. The second kappa shape index (κ2) is 9.85. The van der Waals surface area contributed by atoms with Crippen LogP contribution in [0.15, 0.2) is 48.5 Å². The molecule has 0 unspecified atom stereocenters. The molecule has 0 radical (unpaired) electrons. The van der Waals surface area contributed by atoms with Gasteiger partial charge in [0.1, 0.15) is 0 Å². The molecule has 2 aromatic carbocycles. The Hall–Kier alpha value is -2.93. The molecule has 0 aromatic heterocycles. The number of anilines is 1. The summed E-state index contributed by atoms with van der Waals surface area (Å²) in [6.07, 6.45) is 0.777. The fourth-order valence-electron chi connectivity index (χ4n) is 2.72. The van der Waals surface area contributed by atoms with Gasteiger partial charge in [-0.1, -0.05) is 62.2 Å². The number of nitro groups is 1. The van der Waals surface area contributed by atoms with Gasteiger partial charge in [-0.3, -0.25) is 19.7 Å². The molecule has 0 saturated carbocycles. The van der Waals surface area contributed by atoms with Gasteiger partial charge in [-0.15, -0.1) is 0 Å². The molecule has 0 spiro atoms. The minimum atomic E-state index is -0.585. The summed E-state index contributed by atoms with van der Waals surface area (Å²) in [6, 6.07) is 13.0. The zero-order chi connectivity index (χ0) is 20.7. The number of rotatable bonds is 8. The van der Waals surface area contributed by atoms with Crippen molar-refractivity contribution in [2.45, 2.75) is 26.2 Å². The molecule has 0 heterocycles. The predicted molar refractivity (Wildman–Crippen MR) is 106 cm³/mol. The summed E-state index contributed by atoms with van der Waals surface area (Å²) in [5.74, 6) is -1.49. The number of esters is 1. The number of hydrogen-bond acceptors (Lipinski definition) is 5. The molecule has 2 rings (SSSR count). The van der Waals surface area contributed by atoms with Gasteiger partial charge in [-0.2, -0.15) is 0 Å². The summed E-state index contributed by atoms with van der Waals surface area (Å²) < 4.78 is 5.22.